The molecular formula is C15H25NO6S4. The Morgan fingerprint density at radius 3 is 1.81 bits per heavy atom. The fourth-order valence-corrected chi connectivity index (χ4v) is 3.39. The Morgan fingerprint density at radius 1 is 1.04 bits per heavy atom. The van der Waals surface area contributed by atoms with Gasteiger partial charge in [-0.15, -0.1) is 9.45 Å². The number of anilines is 1. The molecule has 150 valence electrons. The zero-order chi connectivity index (χ0) is 20.1. The maximum Gasteiger partial charge on any atom is 0.264 e. The minimum Gasteiger partial charge on any atom is -0.373 e. The van der Waals surface area contributed by atoms with Crippen molar-refractivity contribution in [3.63, 3.8) is 0 Å². The van der Waals surface area contributed by atoms with Crippen LogP contribution in [-0.4, -0.2) is 54.4 Å². The van der Waals surface area contributed by atoms with Gasteiger partial charge in [-0.3, -0.25) is 8.37 Å². The Kier molecular flexibility index (Phi) is 8.62. The first-order valence-electron chi connectivity index (χ1n) is 7.62. The summed E-state index contributed by atoms with van der Waals surface area (Å²) in [4.78, 5) is 1.99. The highest BCUT2D eigenvalue weighted by molar-refractivity contribution is 8.28. The first-order chi connectivity index (χ1) is 11.8. The molecule has 0 aromatic heterocycles. The van der Waals surface area contributed by atoms with Gasteiger partial charge in [-0.05, 0) is 29.5 Å². The topological polar surface area (TPSA) is 90.0 Å². The molecule has 0 aliphatic carbocycles. The van der Waals surface area contributed by atoms with E-state index >= 15 is 0 Å². The van der Waals surface area contributed by atoms with Crippen LogP contribution in [0.2, 0.25) is 0 Å². The van der Waals surface area contributed by atoms with Gasteiger partial charge in [0.15, 0.2) is 0 Å². The van der Waals surface area contributed by atoms with Crippen LogP contribution in [0.3, 0.4) is 0 Å². The zero-order valence-corrected chi connectivity index (χ0v) is 18.7. The summed E-state index contributed by atoms with van der Waals surface area (Å²) >= 11 is 5.31. The summed E-state index contributed by atoms with van der Waals surface area (Å²) < 4.78 is 54.7. The average Bonchev–Trinajstić information content (AvgIpc) is 2.49. The molecule has 0 N–H and O–H groups in total. The highest BCUT2D eigenvalue weighted by Crippen LogP contribution is 2.21. The van der Waals surface area contributed by atoms with Gasteiger partial charge in [0, 0.05) is 24.5 Å². The third-order valence-electron chi connectivity index (χ3n) is 3.46. The van der Waals surface area contributed by atoms with Crippen molar-refractivity contribution in [2.24, 2.45) is 0 Å². The summed E-state index contributed by atoms with van der Waals surface area (Å²) in [7, 11) is -5.44. The van der Waals surface area contributed by atoms with E-state index in [0.29, 0.717) is 22.9 Å². The highest BCUT2D eigenvalue weighted by Gasteiger charge is 2.13. The molecule has 0 fully saturated rings. The van der Waals surface area contributed by atoms with Gasteiger partial charge in [0.2, 0.25) is 0 Å². The Balaban J connectivity index is 3.11. The van der Waals surface area contributed by atoms with Gasteiger partial charge < -0.3 is 4.90 Å². The summed E-state index contributed by atoms with van der Waals surface area (Å²) in [6.07, 6.45) is 3.95. The van der Waals surface area contributed by atoms with Crippen LogP contribution in [-0.2, 0) is 62.5 Å². The molecule has 0 radical (unpaired) electrons. The number of rotatable bonds is 10. The van der Waals surface area contributed by atoms with Crippen LogP contribution in [0.5, 0.6) is 0 Å². The first-order valence-corrected chi connectivity index (χ1v) is 13.9. The lowest BCUT2D eigenvalue weighted by molar-refractivity contribution is 0.306. The maximum absolute atomic E-state index is 11.2. The van der Waals surface area contributed by atoms with E-state index in [2.05, 4.69) is 6.92 Å². The lowest BCUT2D eigenvalue weighted by Gasteiger charge is -2.24. The lowest BCUT2D eigenvalue weighted by Crippen LogP contribution is -2.29. The molecule has 0 aliphatic rings. The lowest BCUT2D eigenvalue weighted by atomic mass is 10.1. The fourth-order valence-electron chi connectivity index (χ4n) is 2.08. The van der Waals surface area contributed by atoms with Crippen LogP contribution in [0.25, 0.3) is 0 Å². The standard InChI is InChI=1S/C15H25NO6S4/c1-12(24(3)23)9-16(2)15-7-13(10-21-25(4,17)18)6-14(8-15)11-22-26(5,19)20/h6-8,12H,9-11H2,1-5H3/t12-,24?/m0/s1. The summed E-state index contributed by atoms with van der Waals surface area (Å²) in [5.74, 6) is 0. The summed E-state index contributed by atoms with van der Waals surface area (Å²) in [6.45, 7) is 2.51. The number of benzene rings is 1. The summed E-state index contributed by atoms with van der Waals surface area (Å²) in [5, 5.41) is 0.293. The first kappa shape index (κ1) is 23.4. The Morgan fingerprint density at radius 2 is 1.46 bits per heavy atom. The van der Waals surface area contributed by atoms with E-state index in [9.17, 15) is 16.8 Å². The van der Waals surface area contributed by atoms with Crippen LogP contribution in [0, 0.1) is 0 Å². The molecule has 1 unspecified atom stereocenters. The summed E-state index contributed by atoms with van der Waals surface area (Å²) in [6, 6.07) is 5.27. The van der Waals surface area contributed by atoms with E-state index in [1.165, 1.54) is 0 Å². The predicted molar refractivity (Wildman–Crippen MR) is 109 cm³/mol. The largest absolute Gasteiger partial charge is 0.373 e. The van der Waals surface area contributed by atoms with E-state index in [1.54, 1.807) is 18.2 Å². The Bertz CT molecular complexity index is 797. The normalized spacial score (nSPS) is 14.8. The second kappa shape index (κ2) is 9.56. The fraction of sp³-hybridized carbons (Fsp3) is 0.600. The monoisotopic (exact) mass is 443 g/mol. The average molecular weight is 444 g/mol. The van der Waals surface area contributed by atoms with Gasteiger partial charge >= 0.3 is 0 Å². The van der Waals surface area contributed by atoms with Gasteiger partial charge in [0.25, 0.3) is 20.2 Å². The van der Waals surface area contributed by atoms with Crippen molar-refractivity contribution in [2.75, 3.05) is 37.3 Å². The third-order valence-corrected chi connectivity index (χ3v) is 6.82. The van der Waals surface area contributed by atoms with Gasteiger partial charge in [0.1, 0.15) is 0 Å². The van der Waals surface area contributed by atoms with Crippen molar-refractivity contribution >= 4 is 46.6 Å². The molecule has 0 saturated carbocycles. The second-order valence-corrected chi connectivity index (χ2v) is 12.8. The van der Waals surface area contributed by atoms with Crippen molar-refractivity contribution in [2.45, 2.75) is 25.4 Å². The second-order valence-electron chi connectivity index (χ2n) is 6.13. The van der Waals surface area contributed by atoms with Crippen LogP contribution < -0.4 is 4.90 Å². The smallest absolute Gasteiger partial charge is 0.264 e. The molecule has 0 bridgehead atoms. The van der Waals surface area contributed by atoms with Gasteiger partial charge in [-0.25, -0.2) is 0 Å². The maximum atomic E-state index is 11.2. The van der Waals surface area contributed by atoms with Gasteiger partial charge in [-0.2, -0.15) is 16.8 Å². The van der Waals surface area contributed by atoms with Crippen LogP contribution in [0.4, 0.5) is 5.69 Å². The molecule has 0 heterocycles. The van der Waals surface area contributed by atoms with Crippen LogP contribution >= 0.6 is 0 Å². The quantitative estimate of drug-likeness (QED) is 0.498. The van der Waals surface area contributed by atoms with E-state index in [4.69, 9.17) is 19.6 Å². The molecule has 0 amide bonds. The zero-order valence-electron chi connectivity index (χ0n) is 15.5. The molecule has 11 heteroatoms. The molecule has 26 heavy (non-hydrogen) atoms. The van der Waals surface area contributed by atoms with Crippen molar-refractivity contribution in [3.8, 4) is 0 Å². The van der Waals surface area contributed by atoms with Gasteiger partial charge in [-0.1, -0.05) is 24.2 Å². The minimum atomic E-state index is -3.59. The van der Waals surface area contributed by atoms with E-state index < -0.39 is 20.2 Å². The molecule has 0 aliphatic heterocycles. The number of hydrogen-bond acceptors (Lipinski definition) is 8. The molecule has 0 saturated heterocycles. The van der Waals surface area contributed by atoms with Crippen LogP contribution in [0.1, 0.15) is 18.1 Å². The highest BCUT2D eigenvalue weighted by atomic mass is 32.8. The predicted octanol–water partition coefficient (Wildman–Crippen LogP) is 1.17. The third kappa shape index (κ3) is 9.38. The van der Waals surface area contributed by atoms with Crippen molar-refractivity contribution in [1.29, 1.82) is 0 Å². The summed E-state index contributed by atoms with van der Waals surface area (Å²) in [5.41, 5.74) is 2.01. The number of hydrogen-bond donors (Lipinski definition) is 0. The molecule has 0 spiro atoms. The molecule has 2 atom stereocenters. The molecule has 1 rings (SSSR count). The number of nitrogens with zero attached hydrogens (tertiary/aromatic N) is 1. The molecular weight excluding hydrogens is 418 g/mol. The van der Waals surface area contributed by atoms with E-state index in [-0.39, 0.29) is 22.7 Å². The van der Waals surface area contributed by atoms with Gasteiger partial charge in [0.05, 0.1) is 25.7 Å². The molecule has 1 aromatic rings. The SMILES string of the molecule is C[C@@H](CN(C)c1cc(COS(C)(=O)=O)cc(COS(C)(=O)=O)c1)S(C)=S. The Labute approximate surface area is 163 Å². The Hall–Kier alpha value is -0.590. The van der Waals surface area contributed by atoms with Crippen LogP contribution in [0.15, 0.2) is 18.2 Å². The molecule has 1 aromatic carbocycles. The minimum absolute atomic E-state index is 0.138. The van der Waals surface area contributed by atoms with E-state index in [1.807, 2.05) is 18.2 Å². The van der Waals surface area contributed by atoms with E-state index in [0.717, 1.165) is 18.2 Å². The molecule has 7 nitrogen and oxygen atoms in total. The van der Waals surface area contributed by atoms with Crippen molar-refractivity contribution in [3.05, 3.63) is 29.3 Å². The van der Waals surface area contributed by atoms with Crippen molar-refractivity contribution < 1.29 is 25.2 Å². The van der Waals surface area contributed by atoms with Crippen molar-refractivity contribution in [1.82, 2.24) is 0 Å².